The summed E-state index contributed by atoms with van der Waals surface area (Å²) in [4.78, 5) is 14.2. The molecule has 18 heavy (non-hydrogen) atoms. The topological polar surface area (TPSA) is 44.4 Å². The van der Waals surface area contributed by atoms with Crippen LogP contribution in [-0.4, -0.2) is 49.1 Å². The van der Waals surface area contributed by atoms with Crippen molar-refractivity contribution in [2.75, 3.05) is 26.7 Å². The van der Waals surface area contributed by atoms with Crippen molar-refractivity contribution in [3.8, 4) is 0 Å². The Kier molecular flexibility index (Phi) is 5.60. The number of carbonyl (C=O) groups is 1. The molecule has 1 aliphatic heterocycles. The first-order chi connectivity index (χ1) is 8.34. The van der Waals surface area contributed by atoms with Crippen molar-refractivity contribution in [1.29, 1.82) is 0 Å². The lowest BCUT2D eigenvalue weighted by molar-refractivity contribution is -0.122. The molecule has 0 spiro atoms. The summed E-state index contributed by atoms with van der Waals surface area (Å²) in [5.41, 5.74) is -0.100. The Balaban J connectivity index is 2.30. The molecule has 0 aromatic heterocycles. The maximum atomic E-state index is 11.8. The molecule has 1 amide bonds. The van der Waals surface area contributed by atoms with E-state index in [0.717, 1.165) is 25.9 Å². The number of nitrogens with zero attached hydrogens (tertiary/aromatic N) is 1. The first-order valence-corrected chi connectivity index (χ1v) is 7.07. The third-order valence-electron chi connectivity index (χ3n) is 3.99. The number of hydrogen-bond acceptors (Lipinski definition) is 3. The van der Waals surface area contributed by atoms with Crippen LogP contribution in [0.2, 0.25) is 0 Å². The Morgan fingerprint density at radius 1 is 1.44 bits per heavy atom. The van der Waals surface area contributed by atoms with Crippen molar-refractivity contribution >= 4 is 5.91 Å². The molecule has 0 radical (unpaired) electrons. The molecule has 0 bridgehead atoms. The minimum atomic E-state index is -0.100. The highest BCUT2D eigenvalue weighted by atomic mass is 16.2. The van der Waals surface area contributed by atoms with Gasteiger partial charge in [-0.3, -0.25) is 4.79 Å². The third-order valence-corrected chi connectivity index (χ3v) is 3.99. The normalized spacial score (nSPS) is 26.1. The van der Waals surface area contributed by atoms with Gasteiger partial charge in [-0.2, -0.15) is 0 Å². The molecule has 2 atom stereocenters. The van der Waals surface area contributed by atoms with Crippen molar-refractivity contribution < 1.29 is 4.79 Å². The van der Waals surface area contributed by atoms with E-state index in [1.807, 2.05) is 0 Å². The van der Waals surface area contributed by atoms with Crippen LogP contribution < -0.4 is 10.6 Å². The van der Waals surface area contributed by atoms with Crippen molar-refractivity contribution in [1.82, 2.24) is 15.5 Å². The molecule has 4 heteroatoms. The molecular formula is C14H29N3O. The second kappa shape index (κ2) is 6.53. The summed E-state index contributed by atoms with van der Waals surface area (Å²) in [6.45, 7) is 11.1. The fraction of sp³-hybridized carbons (Fsp3) is 0.929. The predicted molar refractivity (Wildman–Crippen MR) is 75.6 cm³/mol. The Hall–Kier alpha value is -0.610. The second-order valence-corrected chi connectivity index (χ2v) is 6.30. The van der Waals surface area contributed by atoms with Gasteiger partial charge in [-0.15, -0.1) is 0 Å². The SMILES string of the molecule is CCC(C)(C)NC(=O)CNC1CCN(C)CC1C. The van der Waals surface area contributed by atoms with Crippen molar-refractivity contribution in [2.24, 2.45) is 5.92 Å². The van der Waals surface area contributed by atoms with E-state index in [4.69, 9.17) is 0 Å². The first-order valence-electron chi connectivity index (χ1n) is 7.07. The van der Waals surface area contributed by atoms with E-state index in [9.17, 15) is 4.79 Å². The highest BCUT2D eigenvalue weighted by molar-refractivity contribution is 5.78. The summed E-state index contributed by atoms with van der Waals surface area (Å²) >= 11 is 0. The third kappa shape index (κ3) is 4.94. The average Bonchev–Trinajstić information content (AvgIpc) is 2.27. The monoisotopic (exact) mass is 255 g/mol. The Morgan fingerprint density at radius 2 is 2.11 bits per heavy atom. The van der Waals surface area contributed by atoms with Gasteiger partial charge in [0, 0.05) is 18.1 Å². The van der Waals surface area contributed by atoms with E-state index in [1.165, 1.54) is 0 Å². The van der Waals surface area contributed by atoms with Gasteiger partial charge in [0.1, 0.15) is 0 Å². The molecule has 1 aliphatic rings. The number of piperidine rings is 1. The van der Waals surface area contributed by atoms with Gasteiger partial charge < -0.3 is 15.5 Å². The molecule has 0 aromatic rings. The van der Waals surface area contributed by atoms with Crippen molar-refractivity contribution in [2.45, 2.75) is 52.1 Å². The van der Waals surface area contributed by atoms with Gasteiger partial charge in [0.2, 0.25) is 5.91 Å². The summed E-state index contributed by atoms with van der Waals surface area (Å²) in [5, 5.41) is 6.46. The van der Waals surface area contributed by atoms with Gasteiger partial charge in [-0.25, -0.2) is 0 Å². The summed E-state index contributed by atoms with van der Waals surface area (Å²) in [7, 11) is 2.16. The number of nitrogens with one attached hydrogen (secondary N) is 2. The lowest BCUT2D eigenvalue weighted by atomic mass is 9.94. The Morgan fingerprint density at radius 3 is 2.67 bits per heavy atom. The van der Waals surface area contributed by atoms with E-state index in [1.54, 1.807) is 0 Å². The van der Waals surface area contributed by atoms with Gasteiger partial charge in [0.05, 0.1) is 6.54 Å². The highest BCUT2D eigenvalue weighted by Crippen LogP contribution is 2.15. The molecule has 2 N–H and O–H groups in total. The quantitative estimate of drug-likeness (QED) is 0.776. The van der Waals surface area contributed by atoms with E-state index in [0.29, 0.717) is 18.5 Å². The molecule has 2 unspecified atom stereocenters. The van der Waals surface area contributed by atoms with Gasteiger partial charge in [0.25, 0.3) is 0 Å². The molecule has 1 heterocycles. The molecule has 106 valence electrons. The van der Waals surface area contributed by atoms with Crippen LogP contribution in [-0.2, 0) is 4.79 Å². The maximum absolute atomic E-state index is 11.8. The van der Waals surface area contributed by atoms with Gasteiger partial charge >= 0.3 is 0 Å². The van der Waals surface area contributed by atoms with Crippen LogP contribution in [0.3, 0.4) is 0 Å². The summed E-state index contributed by atoms with van der Waals surface area (Å²) in [5.74, 6) is 0.712. The van der Waals surface area contributed by atoms with E-state index >= 15 is 0 Å². The highest BCUT2D eigenvalue weighted by Gasteiger charge is 2.25. The average molecular weight is 255 g/mol. The lowest BCUT2D eigenvalue weighted by Gasteiger charge is -2.35. The van der Waals surface area contributed by atoms with Crippen LogP contribution in [0.5, 0.6) is 0 Å². The lowest BCUT2D eigenvalue weighted by Crippen LogP contribution is -2.52. The minimum Gasteiger partial charge on any atom is -0.350 e. The fourth-order valence-electron chi connectivity index (χ4n) is 2.39. The number of hydrogen-bond donors (Lipinski definition) is 2. The fourth-order valence-corrected chi connectivity index (χ4v) is 2.39. The van der Waals surface area contributed by atoms with Gasteiger partial charge in [0.15, 0.2) is 0 Å². The predicted octanol–water partition coefficient (Wildman–Crippen LogP) is 1.22. The second-order valence-electron chi connectivity index (χ2n) is 6.30. The molecule has 1 rings (SSSR count). The molecule has 0 aromatic carbocycles. The number of rotatable bonds is 5. The number of likely N-dealkylation sites (tertiary alicyclic amines) is 1. The molecule has 4 nitrogen and oxygen atoms in total. The van der Waals surface area contributed by atoms with Crippen LogP contribution in [0.1, 0.15) is 40.5 Å². The van der Waals surface area contributed by atoms with Gasteiger partial charge in [-0.05, 0) is 46.2 Å². The number of amides is 1. The van der Waals surface area contributed by atoms with Crippen LogP contribution in [0, 0.1) is 5.92 Å². The Labute approximate surface area is 111 Å². The zero-order chi connectivity index (χ0) is 13.8. The molecule has 0 aliphatic carbocycles. The number of carbonyl (C=O) groups excluding carboxylic acids is 1. The summed E-state index contributed by atoms with van der Waals surface area (Å²) < 4.78 is 0. The standard InChI is InChI=1S/C14H29N3O/c1-6-14(3,4)16-13(18)9-15-12-7-8-17(5)10-11(12)2/h11-12,15H,6-10H2,1-5H3,(H,16,18). The molecular weight excluding hydrogens is 226 g/mol. The Bertz CT molecular complexity index is 278. The summed E-state index contributed by atoms with van der Waals surface area (Å²) in [6.07, 6.45) is 2.07. The van der Waals surface area contributed by atoms with Crippen molar-refractivity contribution in [3.05, 3.63) is 0 Å². The summed E-state index contributed by atoms with van der Waals surface area (Å²) in [6, 6.07) is 0.469. The maximum Gasteiger partial charge on any atom is 0.234 e. The smallest absolute Gasteiger partial charge is 0.234 e. The van der Waals surface area contributed by atoms with Crippen LogP contribution in [0.15, 0.2) is 0 Å². The molecule has 1 fully saturated rings. The van der Waals surface area contributed by atoms with E-state index in [2.05, 4.69) is 50.3 Å². The van der Waals surface area contributed by atoms with Crippen LogP contribution in [0.25, 0.3) is 0 Å². The van der Waals surface area contributed by atoms with E-state index < -0.39 is 0 Å². The largest absolute Gasteiger partial charge is 0.350 e. The first kappa shape index (κ1) is 15.4. The molecule has 1 saturated heterocycles. The zero-order valence-corrected chi connectivity index (χ0v) is 12.5. The van der Waals surface area contributed by atoms with E-state index in [-0.39, 0.29) is 11.4 Å². The minimum absolute atomic E-state index is 0.100. The van der Waals surface area contributed by atoms with Crippen LogP contribution >= 0.6 is 0 Å². The van der Waals surface area contributed by atoms with Crippen LogP contribution in [0.4, 0.5) is 0 Å². The zero-order valence-electron chi connectivity index (χ0n) is 12.5. The molecule has 0 saturated carbocycles. The van der Waals surface area contributed by atoms with Gasteiger partial charge in [-0.1, -0.05) is 13.8 Å². The van der Waals surface area contributed by atoms with Crippen molar-refractivity contribution in [3.63, 3.8) is 0 Å².